The van der Waals surface area contributed by atoms with Crippen LogP contribution in [0.5, 0.6) is 11.5 Å². The van der Waals surface area contributed by atoms with Crippen molar-refractivity contribution in [3.63, 3.8) is 0 Å². The molecule has 0 aromatic heterocycles. The Hall–Kier alpha value is -3.06. The monoisotopic (exact) mass is 397 g/mol. The van der Waals surface area contributed by atoms with E-state index in [1.54, 1.807) is 23.1 Å². The predicted molar refractivity (Wildman–Crippen MR) is 113 cm³/mol. The highest BCUT2D eigenvalue weighted by Crippen LogP contribution is 2.34. The lowest BCUT2D eigenvalue weighted by molar-refractivity contribution is -0.121. The number of aryl methyl sites for hydroxylation is 2. The Kier molecular flexibility index (Phi) is 6.39. The molecule has 1 aliphatic rings. The third-order valence-corrected chi connectivity index (χ3v) is 4.66. The Balaban J connectivity index is 1.64. The maximum atomic E-state index is 12.3. The molecule has 2 aromatic rings. The lowest BCUT2D eigenvalue weighted by atomic mass is 10.1. The van der Waals surface area contributed by atoms with Crippen LogP contribution in [0.4, 0.5) is 11.4 Å². The molecule has 1 aliphatic heterocycles. The highest BCUT2D eigenvalue weighted by atomic mass is 16.5. The first kappa shape index (κ1) is 20.7. The lowest BCUT2D eigenvalue weighted by Gasteiger charge is -2.30. The van der Waals surface area contributed by atoms with E-state index in [0.29, 0.717) is 29.4 Å². The molecular formula is C22H27N3O4. The van der Waals surface area contributed by atoms with Crippen LogP contribution in [0.1, 0.15) is 11.1 Å². The van der Waals surface area contributed by atoms with Gasteiger partial charge in [0, 0.05) is 24.8 Å². The molecule has 0 bridgehead atoms. The van der Waals surface area contributed by atoms with E-state index in [1.807, 2.05) is 51.0 Å². The van der Waals surface area contributed by atoms with Gasteiger partial charge in [0.2, 0.25) is 0 Å². The highest BCUT2D eigenvalue weighted by molar-refractivity contribution is 5.99. The van der Waals surface area contributed by atoms with Crippen LogP contribution in [0.3, 0.4) is 0 Å². The standard InChI is InChI=1S/C22H27N3O4/c1-15-5-6-16(2)19(11-15)28-13-21(26)23-17-7-8-18-20(12-17)29-14-22(27)25(18)10-9-24(3)4/h5-8,11-12H,9-10,13-14H2,1-4H3,(H,23,26). The second kappa shape index (κ2) is 8.96. The minimum absolute atomic E-state index is 0.00637. The fourth-order valence-corrected chi connectivity index (χ4v) is 3.03. The minimum Gasteiger partial charge on any atom is -0.483 e. The molecule has 154 valence electrons. The van der Waals surface area contributed by atoms with Crippen molar-refractivity contribution >= 4 is 23.2 Å². The second-order valence-electron chi connectivity index (χ2n) is 7.43. The number of likely N-dealkylation sites (N-methyl/N-ethyl adjacent to an activating group) is 1. The van der Waals surface area contributed by atoms with Crippen molar-refractivity contribution in [2.45, 2.75) is 13.8 Å². The topological polar surface area (TPSA) is 71.1 Å². The van der Waals surface area contributed by atoms with Crippen molar-refractivity contribution < 1.29 is 19.1 Å². The van der Waals surface area contributed by atoms with E-state index >= 15 is 0 Å². The van der Waals surface area contributed by atoms with Gasteiger partial charge in [0.15, 0.2) is 13.2 Å². The Labute approximate surface area is 171 Å². The van der Waals surface area contributed by atoms with Gasteiger partial charge in [0.25, 0.3) is 11.8 Å². The Morgan fingerprint density at radius 3 is 2.76 bits per heavy atom. The zero-order valence-electron chi connectivity index (χ0n) is 17.3. The van der Waals surface area contributed by atoms with E-state index in [1.165, 1.54) is 0 Å². The molecule has 0 fully saturated rings. The number of hydrogen-bond acceptors (Lipinski definition) is 5. The molecule has 3 rings (SSSR count). The van der Waals surface area contributed by atoms with Crippen LogP contribution >= 0.6 is 0 Å². The molecule has 7 heteroatoms. The minimum atomic E-state index is -0.262. The molecule has 7 nitrogen and oxygen atoms in total. The molecule has 2 amide bonds. The molecule has 1 N–H and O–H groups in total. The van der Waals surface area contributed by atoms with Gasteiger partial charge in [0.05, 0.1) is 5.69 Å². The average molecular weight is 397 g/mol. The molecule has 0 saturated heterocycles. The molecule has 0 unspecified atom stereocenters. The van der Waals surface area contributed by atoms with E-state index < -0.39 is 0 Å². The fraction of sp³-hybridized carbons (Fsp3) is 0.364. The molecule has 0 radical (unpaired) electrons. The van der Waals surface area contributed by atoms with E-state index in [4.69, 9.17) is 9.47 Å². The van der Waals surface area contributed by atoms with Crippen LogP contribution in [0.2, 0.25) is 0 Å². The van der Waals surface area contributed by atoms with Crippen molar-refractivity contribution in [1.82, 2.24) is 4.90 Å². The first-order chi connectivity index (χ1) is 13.8. The number of carbonyl (C=O) groups is 2. The van der Waals surface area contributed by atoms with Crippen LogP contribution in [-0.4, -0.2) is 57.1 Å². The number of carbonyl (C=O) groups excluding carboxylic acids is 2. The first-order valence-corrected chi connectivity index (χ1v) is 9.55. The van der Waals surface area contributed by atoms with Crippen molar-refractivity contribution in [2.75, 3.05) is 50.6 Å². The predicted octanol–water partition coefficient (Wildman–Crippen LogP) is 2.61. The van der Waals surface area contributed by atoms with Gasteiger partial charge < -0.3 is 24.6 Å². The Bertz CT molecular complexity index is 911. The number of ether oxygens (including phenoxy) is 2. The molecule has 1 heterocycles. The molecule has 0 atom stereocenters. The van der Waals surface area contributed by atoms with E-state index in [0.717, 1.165) is 17.7 Å². The van der Waals surface area contributed by atoms with Crippen molar-refractivity contribution in [2.24, 2.45) is 0 Å². The molecular weight excluding hydrogens is 370 g/mol. The zero-order chi connectivity index (χ0) is 21.0. The maximum absolute atomic E-state index is 12.3. The van der Waals surface area contributed by atoms with Gasteiger partial charge in [-0.1, -0.05) is 12.1 Å². The third-order valence-electron chi connectivity index (χ3n) is 4.66. The summed E-state index contributed by atoms with van der Waals surface area (Å²) in [4.78, 5) is 28.2. The summed E-state index contributed by atoms with van der Waals surface area (Å²) < 4.78 is 11.2. The van der Waals surface area contributed by atoms with Gasteiger partial charge in [-0.2, -0.15) is 0 Å². The third kappa shape index (κ3) is 5.26. The van der Waals surface area contributed by atoms with Gasteiger partial charge in [0.1, 0.15) is 11.5 Å². The SMILES string of the molecule is Cc1ccc(C)c(OCC(=O)Nc2ccc3c(c2)OCC(=O)N3CCN(C)C)c1. The Morgan fingerprint density at radius 1 is 1.21 bits per heavy atom. The molecule has 2 aromatic carbocycles. The van der Waals surface area contributed by atoms with Gasteiger partial charge >= 0.3 is 0 Å². The van der Waals surface area contributed by atoms with Crippen LogP contribution in [0.15, 0.2) is 36.4 Å². The number of nitrogens with zero attached hydrogens (tertiary/aromatic N) is 2. The largest absolute Gasteiger partial charge is 0.483 e. The van der Waals surface area contributed by atoms with Gasteiger partial charge in [-0.25, -0.2) is 0 Å². The van der Waals surface area contributed by atoms with Crippen molar-refractivity contribution in [3.05, 3.63) is 47.5 Å². The molecule has 29 heavy (non-hydrogen) atoms. The summed E-state index contributed by atoms with van der Waals surface area (Å²) in [7, 11) is 3.93. The Morgan fingerprint density at radius 2 is 2.00 bits per heavy atom. The molecule has 0 aliphatic carbocycles. The maximum Gasteiger partial charge on any atom is 0.265 e. The summed E-state index contributed by atoms with van der Waals surface area (Å²) in [5, 5.41) is 2.82. The summed E-state index contributed by atoms with van der Waals surface area (Å²) >= 11 is 0. The number of fused-ring (bicyclic) bond motifs is 1. The van der Waals surface area contributed by atoms with Gasteiger partial charge in [-0.15, -0.1) is 0 Å². The van der Waals surface area contributed by atoms with Crippen LogP contribution in [0.25, 0.3) is 0 Å². The number of nitrogens with one attached hydrogen (secondary N) is 1. The molecule has 0 saturated carbocycles. The summed E-state index contributed by atoms with van der Waals surface area (Å²) in [6.45, 7) is 5.16. The summed E-state index contributed by atoms with van der Waals surface area (Å²) in [6, 6.07) is 11.2. The number of amides is 2. The quantitative estimate of drug-likeness (QED) is 0.778. The van der Waals surface area contributed by atoms with E-state index in [2.05, 4.69) is 5.32 Å². The smallest absolute Gasteiger partial charge is 0.265 e. The summed E-state index contributed by atoms with van der Waals surface area (Å²) in [5.74, 6) is 0.945. The summed E-state index contributed by atoms with van der Waals surface area (Å²) in [6.07, 6.45) is 0. The van der Waals surface area contributed by atoms with Crippen LogP contribution < -0.4 is 19.7 Å². The number of benzene rings is 2. The second-order valence-corrected chi connectivity index (χ2v) is 7.43. The first-order valence-electron chi connectivity index (χ1n) is 9.55. The van der Waals surface area contributed by atoms with Crippen LogP contribution in [-0.2, 0) is 9.59 Å². The van der Waals surface area contributed by atoms with Crippen LogP contribution in [0, 0.1) is 13.8 Å². The number of rotatable bonds is 7. The van der Waals surface area contributed by atoms with E-state index in [-0.39, 0.29) is 25.0 Å². The molecule has 0 spiro atoms. The van der Waals surface area contributed by atoms with Gasteiger partial charge in [-0.05, 0) is 57.3 Å². The summed E-state index contributed by atoms with van der Waals surface area (Å²) in [5.41, 5.74) is 3.37. The van der Waals surface area contributed by atoms with Crippen molar-refractivity contribution in [3.8, 4) is 11.5 Å². The zero-order valence-corrected chi connectivity index (χ0v) is 17.3. The normalized spacial score (nSPS) is 13.1. The fourth-order valence-electron chi connectivity index (χ4n) is 3.03. The highest BCUT2D eigenvalue weighted by Gasteiger charge is 2.25. The van der Waals surface area contributed by atoms with Gasteiger partial charge in [-0.3, -0.25) is 9.59 Å². The lowest BCUT2D eigenvalue weighted by Crippen LogP contribution is -2.42. The number of anilines is 2. The van der Waals surface area contributed by atoms with Crippen molar-refractivity contribution in [1.29, 1.82) is 0 Å². The van der Waals surface area contributed by atoms with E-state index in [9.17, 15) is 9.59 Å². The average Bonchev–Trinajstić information content (AvgIpc) is 2.68. The number of hydrogen-bond donors (Lipinski definition) is 1.